The van der Waals surface area contributed by atoms with Gasteiger partial charge < -0.3 is 18.9 Å². The molecule has 2 aromatic rings. The average molecular weight is 419 g/mol. The first-order valence-corrected chi connectivity index (χ1v) is 10.3. The predicted octanol–water partition coefficient (Wildman–Crippen LogP) is 2.00. The Morgan fingerprint density at radius 3 is 2.72 bits per heavy atom. The summed E-state index contributed by atoms with van der Waals surface area (Å²) in [5, 5.41) is 0. The number of methoxy groups -OCH3 is 1. The summed E-state index contributed by atoms with van der Waals surface area (Å²) in [6.45, 7) is 0.303. The van der Waals surface area contributed by atoms with Gasteiger partial charge in [-0.05, 0) is 43.0 Å². The van der Waals surface area contributed by atoms with Gasteiger partial charge in [-0.2, -0.15) is 0 Å². The number of esters is 1. The molecule has 0 saturated heterocycles. The summed E-state index contributed by atoms with van der Waals surface area (Å²) in [5.74, 6) is 0.878. The molecule has 8 nitrogen and oxygen atoms in total. The number of para-hydroxylation sites is 2. The summed E-state index contributed by atoms with van der Waals surface area (Å²) in [7, 11) is -1.02. The van der Waals surface area contributed by atoms with Crippen molar-refractivity contribution in [2.24, 2.45) is 0 Å². The summed E-state index contributed by atoms with van der Waals surface area (Å²) in [6.07, 6.45) is 2.27. The zero-order chi connectivity index (χ0) is 20.9. The summed E-state index contributed by atoms with van der Waals surface area (Å²) in [6, 6.07) is 11.8. The fourth-order valence-corrected chi connectivity index (χ4v) is 3.58. The molecule has 0 amide bonds. The number of hydrogen-bond donors (Lipinski definition) is 1. The summed E-state index contributed by atoms with van der Waals surface area (Å²) >= 11 is 0. The Kier molecular flexibility index (Phi) is 6.40. The van der Waals surface area contributed by atoms with Crippen molar-refractivity contribution in [3.8, 4) is 17.2 Å². The molecule has 3 rings (SSSR count). The van der Waals surface area contributed by atoms with Crippen LogP contribution in [-0.2, 0) is 19.6 Å². The van der Waals surface area contributed by atoms with Gasteiger partial charge in [0.2, 0.25) is 10.0 Å². The summed E-state index contributed by atoms with van der Waals surface area (Å²) in [5.41, 5.74) is 0.503. The van der Waals surface area contributed by atoms with E-state index in [-0.39, 0.29) is 23.9 Å². The van der Waals surface area contributed by atoms with Crippen LogP contribution in [-0.4, -0.2) is 47.9 Å². The highest BCUT2D eigenvalue weighted by molar-refractivity contribution is 7.89. The van der Waals surface area contributed by atoms with Gasteiger partial charge >= 0.3 is 5.97 Å². The van der Waals surface area contributed by atoms with E-state index in [2.05, 4.69) is 4.72 Å². The first-order chi connectivity index (χ1) is 13.9. The molecule has 1 atom stereocenters. The molecule has 0 radical (unpaired) electrons. The second kappa shape index (κ2) is 8.97. The molecule has 154 valence electrons. The van der Waals surface area contributed by atoms with Crippen molar-refractivity contribution in [3.63, 3.8) is 0 Å². The van der Waals surface area contributed by atoms with Crippen LogP contribution in [0.15, 0.2) is 53.4 Å². The topological polar surface area (TPSA) is 100 Å². The molecule has 9 heteroatoms. The van der Waals surface area contributed by atoms with Crippen LogP contribution in [0.1, 0.15) is 5.56 Å². The van der Waals surface area contributed by atoms with Crippen LogP contribution in [0, 0.1) is 0 Å². The Hall–Kier alpha value is -3.04. The van der Waals surface area contributed by atoms with Crippen LogP contribution >= 0.6 is 0 Å². The molecule has 0 aromatic heterocycles. The Morgan fingerprint density at radius 1 is 1.24 bits per heavy atom. The van der Waals surface area contributed by atoms with E-state index in [4.69, 9.17) is 18.9 Å². The lowest BCUT2D eigenvalue weighted by Gasteiger charge is -2.25. The first-order valence-electron chi connectivity index (χ1n) is 8.78. The molecule has 1 heterocycles. The zero-order valence-corrected chi connectivity index (χ0v) is 16.8. The second-order valence-corrected chi connectivity index (χ2v) is 7.93. The fourth-order valence-electron chi connectivity index (χ4n) is 2.65. The Morgan fingerprint density at radius 2 is 2.00 bits per heavy atom. The van der Waals surface area contributed by atoms with E-state index in [9.17, 15) is 13.2 Å². The van der Waals surface area contributed by atoms with Crippen molar-refractivity contribution in [1.82, 2.24) is 4.72 Å². The van der Waals surface area contributed by atoms with Gasteiger partial charge in [-0.25, -0.2) is 17.9 Å². The molecule has 1 N–H and O–H groups in total. The molecule has 1 aliphatic heterocycles. The predicted molar refractivity (Wildman–Crippen MR) is 106 cm³/mol. The third-order valence-electron chi connectivity index (χ3n) is 4.14. The molecular weight excluding hydrogens is 398 g/mol. The minimum absolute atomic E-state index is 0.0237. The molecule has 0 fully saturated rings. The monoisotopic (exact) mass is 419 g/mol. The lowest BCUT2D eigenvalue weighted by molar-refractivity contribution is -0.140. The Balaban J connectivity index is 1.60. The molecule has 2 aromatic carbocycles. The van der Waals surface area contributed by atoms with Crippen molar-refractivity contribution in [1.29, 1.82) is 0 Å². The minimum Gasteiger partial charge on any atom is -0.495 e. The second-order valence-electron chi connectivity index (χ2n) is 6.08. The number of nitrogens with one attached hydrogen (secondary N) is 1. The number of benzene rings is 2. The molecule has 0 aliphatic carbocycles. The fraction of sp³-hybridized carbons (Fsp3) is 0.250. The van der Waals surface area contributed by atoms with Crippen LogP contribution in [0.2, 0.25) is 0 Å². The van der Waals surface area contributed by atoms with Gasteiger partial charge in [-0.3, -0.25) is 0 Å². The summed E-state index contributed by atoms with van der Waals surface area (Å²) < 4.78 is 48.0. The highest BCUT2D eigenvalue weighted by Gasteiger charge is 2.22. The standard InChI is InChI=1S/C20H21NO7S/c1-21-29(23,24)19-11-14(7-9-18(19)25-2)8-10-20(22)27-13-15-12-26-16-5-3-4-6-17(16)28-15/h3-11,15,21H,12-13H2,1-2H3/b10-8+/t15-/m0/s1. The quantitative estimate of drug-likeness (QED) is 0.541. The lowest BCUT2D eigenvalue weighted by Crippen LogP contribution is -2.34. The SMILES string of the molecule is CNS(=O)(=O)c1cc(/C=C/C(=O)OC[C@@H]2COc3ccccc3O2)ccc1OC. The van der Waals surface area contributed by atoms with Crippen LogP contribution in [0.4, 0.5) is 0 Å². The number of ether oxygens (including phenoxy) is 4. The maximum Gasteiger partial charge on any atom is 0.330 e. The number of sulfonamides is 1. The van der Waals surface area contributed by atoms with Gasteiger partial charge in [0.25, 0.3) is 0 Å². The molecule has 1 aliphatic rings. The Bertz CT molecular complexity index is 1020. The molecule has 29 heavy (non-hydrogen) atoms. The van der Waals surface area contributed by atoms with Gasteiger partial charge in [0, 0.05) is 6.08 Å². The molecular formula is C20H21NO7S. The van der Waals surface area contributed by atoms with Gasteiger partial charge in [0.15, 0.2) is 17.6 Å². The summed E-state index contributed by atoms with van der Waals surface area (Å²) in [4.78, 5) is 12.0. The van der Waals surface area contributed by atoms with Crippen LogP contribution in [0.3, 0.4) is 0 Å². The molecule has 0 unspecified atom stereocenters. The van der Waals surface area contributed by atoms with Crippen molar-refractivity contribution < 1.29 is 32.2 Å². The smallest absolute Gasteiger partial charge is 0.330 e. The van der Waals surface area contributed by atoms with E-state index < -0.39 is 22.1 Å². The maximum atomic E-state index is 12.1. The third-order valence-corrected chi connectivity index (χ3v) is 5.57. The number of hydrogen-bond acceptors (Lipinski definition) is 7. The maximum absolute atomic E-state index is 12.1. The van der Waals surface area contributed by atoms with Gasteiger partial charge in [0.1, 0.15) is 23.9 Å². The van der Waals surface area contributed by atoms with E-state index in [0.29, 0.717) is 17.1 Å². The van der Waals surface area contributed by atoms with Crippen molar-refractivity contribution in [2.75, 3.05) is 27.4 Å². The van der Waals surface area contributed by atoms with Gasteiger partial charge in [0.05, 0.1) is 7.11 Å². The van der Waals surface area contributed by atoms with E-state index in [1.807, 2.05) is 12.1 Å². The normalized spacial score (nSPS) is 15.9. The van der Waals surface area contributed by atoms with Crippen LogP contribution < -0.4 is 18.9 Å². The van der Waals surface area contributed by atoms with Crippen molar-refractivity contribution in [3.05, 3.63) is 54.1 Å². The molecule has 0 saturated carbocycles. The van der Waals surface area contributed by atoms with Crippen LogP contribution in [0.25, 0.3) is 6.08 Å². The van der Waals surface area contributed by atoms with Crippen molar-refractivity contribution >= 4 is 22.1 Å². The van der Waals surface area contributed by atoms with Crippen LogP contribution in [0.5, 0.6) is 17.2 Å². The lowest BCUT2D eigenvalue weighted by atomic mass is 10.2. The number of fused-ring (bicyclic) bond motifs is 1. The number of carbonyl (C=O) groups is 1. The van der Waals surface area contributed by atoms with Gasteiger partial charge in [-0.15, -0.1) is 0 Å². The van der Waals surface area contributed by atoms with E-state index in [1.165, 1.54) is 38.4 Å². The minimum atomic E-state index is -3.71. The van der Waals surface area contributed by atoms with E-state index >= 15 is 0 Å². The largest absolute Gasteiger partial charge is 0.495 e. The Labute approximate surface area is 169 Å². The molecule has 0 spiro atoms. The molecule has 0 bridgehead atoms. The van der Waals surface area contributed by atoms with E-state index in [0.717, 1.165) is 0 Å². The van der Waals surface area contributed by atoms with E-state index in [1.54, 1.807) is 18.2 Å². The highest BCUT2D eigenvalue weighted by atomic mass is 32.2. The number of rotatable bonds is 7. The zero-order valence-electron chi connectivity index (χ0n) is 16.0. The first kappa shape index (κ1) is 20.7. The third kappa shape index (κ3) is 5.07. The highest BCUT2D eigenvalue weighted by Crippen LogP contribution is 2.31. The number of carbonyl (C=O) groups excluding carboxylic acids is 1. The van der Waals surface area contributed by atoms with Crippen molar-refractivity contribution in [2.45, 2.75) is 11.0 Å². The van der Waals surface area contributed by atoms with Gasteiger partial charge in [-0.1, -0.05) is 18.2 Å². The average Bonchev–Trinajstić information content (AvgIpc) is 2.75.